The van der Waals surface area contributed by atoms with E-state index in [2.05, 4.69) is 13.0 Å². The van der Waals surface area contributed by atoms with Gasteiger partial charge in [0.25, 0.3) is 0 Å². The van der Waals surface area contributed by atoms with Gasteiger partial charge in [-0.2, -0.15) is 0 Å². The van der Waals surface area contributed by atoms with E-state index in [0.29, 0.717) is 11.5 Å². The van der Waals surface area contributed by atoms with Crippen LogP contribution in [0.1, 0.15) is 35.9 Å². The first-order valence-corrected chi connectivity index (χ1v) is 8.48. The van der Waals surface area contributed by atoms with Gasteiger partial charge in [0.15, 0.2) is 0 Å². The van der Waals surface area contributed by atoms with Crippen molar-refractivity contribution in [2.45, 2.75) is 38.4 Å². The van der Waals surface area contributed by atoms with Crippen molar-refractivity contribution in [2.75, 3.05) is 5.75 Å². The topological polar surface area (TPSA) is 54.4 Å². The van der Waals surface area contributed by atoms with Crippen LogP contribution in [0, 0.1) is 5.41 Å². The number of carboxylic acid groups (broad SMARTS) is 1. The Kier molecular flexibility index (Phi) is 4.22. The Labute approximate surface area is 114 Å². The lowest BCUT2D eigenvalue weighted by Gasteiger charge is -2.11. The molecule has 5 heteroatoms. The predicted molar refractivity (Wildman–Crippen MR) is 74.3 cm³/mol. The molecule has 0 saturated heterocycles. The lowest BCUT2D eigenvalue weighted by Crippen LogP contribution is -2.17. The van der Waals surface area contributed by atoms with Crippen LogP contribution in [0.25, 0.3) is 0 Å². The van der Waals surface area contributed by atoms with Crippen LogP contribution in [-0.4, -0.2) is 21.0 Å². The molecule has 0 bridgehead atoms. The molecule has 0 aromatic carbocycles. The summed E-state index contributed by atoms with van der Waals surface area (Å²) in [5, 5.41) is 8.83. The molecule has 100 valence electrons. The minimum absolute atomic E-state index is 0.165. The van der Waals surface area contributed by atoms with Crippen LogP contribution in [-0.2, 0) is 27.8 Å². The number of hydrogen-bond donors (Lipinski definition) is 1. The third-order valence-electron chi connectivity index (χ3n) is 3.32. The largest absolute Gasteiger partial charge is 0.481 e. The zero-order valence-corrected chi connectivity index (χ0v) is 12.1. The van der Waals surface area contributed by atoms with Crippen molar-refractivity contribution >= 4 is 28.1 Å². The van der Waals surface area contributed by atoms with Crippen LogP contribution >= 0.6 is 11.3 Å². The molecular weight excluding hydrogens is 268 g/mol. The summed E-state index contributed by atoms with van der Waals surface area (Å²) >= 11 is 1.71. The molecule has 1 atom stereocenters. The second kappa shape index (κ2) is 5.53. The fraction of sp³-hybridized carbons (Fsp3) is 0.615. The molecule has 1 fully saturated rings. The third kappa shape index (κ3) is 3.65. The molecular formula is C13H18O3S2. The van der Waals surface area contributed by atoms with E-state index < -0.39 is 16.8 Å². The zero-order valence-electron chi connectivity index (χ0n) is 10.5. The molecule has 1 saturated carbocycles. The molecule has 0 aliphatic heterocycles. The van der Waals surface area contributed by atoms with E-state index in [1.807, 2.05) is 6.07 Å². The first-order chi connectivity index (χ1) is 8.53. The number of aliphatic carboxylic acids is 1. The molecule has 1 aliphatic carbocycles. The van der Waals surface area contributed by atoms with Crippen molar-refractivity contribution in [2.24, 2.45) is 5.41 Å². The van der Waals surface area contributed by atoms with Gasteiger partial charge in [-0.05, 0) is 36.8 Å². The second-order valence-electron chi connectivity index (χ2n) is 5.02. The van der Waals surface area contributed by atoms with Gasteiger partial charge in [-0.3, -0.25) is 9.00 Å². The van der Waals surface area contributed by atoms with E-state index in [1.54, 1.807) is 11.3 Å². The van der Waals surface area contributed by atoms with Crippen LogP contribution in [0.4, 0.5) is 0 Å². The Morgan fingerprint density at radius 1 is 1.44 bits per heavy atom. The molecule has 1 aromatic heterocycles. The summed E-state index contributed by atoms with van der Waals surface area (Å²) < 4.78 is 12.1. The summed E-state index contributed by atoms with van der Waals surface area (Å²) in [4.78, 5) is 13.2. The average Bonchev–Trinajstić information content (AvgIpc) is 2.87. The number of carbonyl (C=O) groups is 1. The monoisotopic (exact) mass is 286 g/mol. The number of thiophene rings is 1. The number of rotatable bonds is 7. The van der Waals surface area contributed by atoms with Gasteiger partial charge < -0.3 is 5.11 Å². The van der Waals surface area contributed by atoms with Crippen LogP contribution in [0.2, 0.25) is 0 Å². The van der Waals surface area contributed by atoms with Gasteiger partial charge in [-0.25, -0.2) is 0 Å². The Morgan fingerprint density at radius 2 is 2.11 bits per heavy atom. The molecule has 1 aliphatic rings. The number of aryl methyl sites for hydroxylation is 1. The predicted octanol–water partition coefficient (Wildman–Crippen LogP) is 2.81. The molecule has 3 nitrogen and oxygen atoms in total. The molecule has 1 unspecified atom stereocenters. The highest BCUT2D eigenvalue weighted by atomic mass is 32.2. The standard InChI is InChI=1S/C13H18O3S2/c1-2-10-3-4-11(17-10)8-18(16)9-13(5-6-13)7-12(14)15/h3-4H,2,5-9H2,1H3,(H,14,15). The minimum Gasteiger partial charge on any atom is -0.481 e. The summed E-state index contributed by atoms with van der Waals surface area (Å²) in [7, 11) is -0.936. The molecule has 1 aromatic rings. The highest BCUT2D eigenvalue weighted by Crippen LogP contribution is 2.49. The summed E-state index contributed by atoms with van der Waals surface area (Å²) in [6.45, 7) is 2.11. The molecule has 1 N–H and O–H groups in total. The van der Waals surface area contributed by atoms with Crippen LogP contribution in [0.3, 0.4) is 0 Å². The van der Waals surface area contributed by atoms with Crippen molar-refractivity contribution in [3.8, 4) is 0 Å². The number of carboxylic acids is 1. The van der Waals surface area contributed by atoms with Crippen molar-refractivity contribution in [1.82, 2.24) is 0 Å². The smallest absolute Gasteiger partial charge is 0.303 e. The summed E-state index contributed by atoms with van der Waals surface area (Å²) in [5.41, 5.74) is -0.165. The lowest BCUT2D eigenvalue weighted by atomic mass is 10.1. The summed E-state index contributed by atoms with van der Waals surface area (Å²) in [6, 6.07) is 4.12. The Bertz CT molecular complexity index is 461. The summed E-state index contributed by atoms with van der Waals surface area (Å²) in [6.07, 6.45) is 3.01. The maximum absolute atomic E-state index is 12.1. The average molecular weight is 286 g/mol. The Hall–Kier alpha value is -0.680. The van der Waals surface area contributed by atoms with Crippen LogP contribution in [0.5, 0.6) is 0 Å². The van der Waals surface area contributed by atoms with Crippen molar-refractivity contribution < 1.29 is 14.1 Å². The Morgan fingerprint density at radius 3 is 2.61 bits per heavy atom. The fourth-order valence-corrected chi connectivity index (χ4v) is 5.08. The van der Waals surface area contributed by atoms with E-state index in [1.165, 1.54) is 4.88 Å². The van der Waals surface area contributed by atoms with Gasteiger partial charge in [-0.1, -0.05) is 6.92 Å². The van der Waals surface area contributed by atoms with E-state index in [-0.39, 0.29) is 11.8 Å². The lowest BCUT2D eigenvalue weighted by molar-refractivity contribution is -0.138. The zero-order chi connectivity index (χ0) is 13.2. The molecule has 18 heavy (non-hydrogen) atoms. The van der Waals surface area contributed by atoms with Gasteiger partial charge in [0.1, 0.15) is 0 Å². The molecule has 0 spiro atoms. The molecule has 0 amide bonds. The van der Waals surface area contributed by atoms with Crippen molar-refractivity contribution in [3.63, 3.8) is 0 Å². The van der Waals surface area contributed by atoms with Gasteiger partial charge in [0.2, 0.25) is 0 Å². The summed E-state index contributed by atoms with van der Waals surface area (Å²) in [5.74, 6) is 0.346. The molecule has 1 heterocycles. The second-order valence-corrected chi connectivity index (χ2v) is 7.73. The van der Waals surface area contributed by atoms with E-state index in [9.17, 15) is 9.00 Å². The van der Waals surface area contributed by atoms with E-state index in [0.717, 1.165) is 24.1 Å². The quantitative estimate of drug-likeness (QED) is 0.838. The highest BCUT2D eigenvalue weighted by molar-refractivity contribution is 7.84. The van der Waals surface area contributed by atoms with Gasteiger partial charge in [-0.15, -0.1) is 11.3 Å². The normalized spacial score (nSPS) is 18.5. The Balaban J connectivity index is 1.87. The first-order valence-electron chi connectivity index (χ1n) is 6.17. The maximum Gasteiger partial charge on any atom is 0.303 e. The van der Waals surface area contributed by atoms with Gasteiger partial charge >= 0.3 is 5.97 Å². The molecule has 0 radical (unpaired) electrons. The maximum atomic E-state index is 12.1. The van der Waals surface area contributed by atoms with Crippen LogP contribution in [0.15, 0.2) is 12.1 Å². The van der Waals surface area contributed by atoms with E-state index >= 15 is 0 Å². The van der Waals surface area contributed by atoms with Gasteiger partial charge in [0.05, 0.1) is 12.2 Å². The SMILES string of the molecule is CCc1ccc(CS(=O)CC2(CC(=O)O)CC2)s1. The van der Waals surface area contributed by atoms with Crippen LogP contribution < -0.4 is 0 Å². The minimum atomic E-state index is -0.936. The van der Waals surface area contributed by atoms with Crippen molar-refractivity contribution in [1.29, 1.82) is 0 Å². The number of hydrogen-bond acceptors (Lipinski definition) is 3. The molecule has 2 rings (SSSR count). The van der Waals surface area contributed by atoms with Gasteiger partial charge in [0, 0.05) is 26.3 Å². The van der Waals surface area contributed by atoms with E-state index in [4.69, 9.17) is 5.11 Å². The van der Waals surface area contributed by atoms with Crippen molar-refractivity contribution in [3.05, 3.63) is 21.9 Å². The first kappa shape index (κ1) is 13.7. The fourth-order valence-electron chi connectivity index (χ4n) is 2.11. The third-order valence-corrected chi connectivity index (χ3v) is 6.30. The highest BCUT2D eigenvalue weighted by Gasteiger charge is 2.45.